The van der Waals surface area contributed by atoms with Gasteiger partial charge in [0.1, 0.15) is 0 Å². The van der Waals surface area contributed by atoms with Crippen LogP contribution in [0.3, 0.4) is 0 Å². The first-order valence-corrected chi connectivity index (χ1v) is 8.99. The number of β-amino-alcohol motifs (C(OH)–C–C–N with tert-alkyl or cyclic N) is 1. The van der Waals surface area contributed by atoms with E-state index in [-0.39, 0.29) is 12.5 Å². The third-order valence-corrected chi connectivity index (χ3v) is 4.63. The van der Waals surface area contributed by atoms with Crippen molar-refractivity contribution < 1.29 is 9.90 Å². The molecule has 1 aromatic rings. The van der Waals surface area contributed by atoms with E-state index in [1.807, 2.05) is 0 Å². The van der Waals surface area contributed by atoms with Gasteiger partial charge in [0.05, 0.1) is 13.2 Å². The van der Waals surface area contributed by atoms with Crippen molar-refractivity contribution in [1.29, 1.82) is 0 Å². The molecule has 1 aliphatic heterocycles. The molecular formula is C19H31N3O2. The lowest BCUT2D eigenvalue weighted by Crippen LogP contribution is -2.50. The number of hydrogen-bond acceptors (Lipinski definition) is 4. The predicted octanol–water partition coefficient (Wildman–Crippen LogP) is 1.08. The molecule has 5 nitrogen and oxygen atoms in total. The molecule has 0 aromatic heterocycles. The molecule has 5 heteroatoms. The first kappa shape index (κ1) is 18.9. The summed E-state index contributed by atoms with van der Waals surface area (Å²) in [6.45, 7) is 10.1. The van der Waals surface area contributed by atoms with Crippen LogP contribution in [0.2, 0.25) is 0 Å². The Bertz CT molecular complexity index is 494. The van der Waals surface area contributed by atoms with Gasteiger partial charge in [0.25, 0.3) is 0 Å². The summed E-state index contributed by atoms with van der Waals surface area (Å²) in [4.78, 5) is 16.5. The summed E-state index contributed by atoms with van der Waals surface area (Å²) in [6.07, 6.45) is 0.869. The first-order chi connectivity index (χ1) is 11.6. The molecule has 1 aromatic carbocycles. The standard InChI is InChI=1S/C19H31N3O2/c1-16(2)18-5-3-17(4-6-18)7-8-20-19(24)15-22-11-9-21(10-12-22)13-14-23/h3-6,16,23H,7-15H2,1-2H3,(H,20,24). The summed E-state index contributed by atoms with van der Waals surface area (Å²) in [5, 5.41) is 12.0. The van der Waals surface area contributed by atoms with Crippen LogP contribution in [0, 0.1) is 0 Å². The van der Waals surface area contributed by atoms with Crippen LogP contribution in [0.4, 0.5) is 0 Å². The quantitative estimate of drug-likeness (QED) is 0.747. The van der Waals surface area contributed by atoms with Gasteiger partial charge in [-0.15, -0.1) is 0 Å². The van der Waals surface area contributed by atoms with Crippen LogP contribution in [-0.2, 0) is 11.2 Å². The molecule has 1 saturated heterocycles. The summed E-state index contributed by atoms with van der Waals surface area (Å²) in [6, 6.07) is 8.66. The number of rotatable bonds is 8. The fraction of sp³-hybridized carbons (Fsp3) is 0.632. The zero-order chi connectivity index (χ0) is 17.4. The van der Waals surface area contributed by atoms with Gasteiger partial charge in [0.15, 0.2) is 0 Å². The minimum Gasteiger partial charge on any atom is -0.395 e. The number of carbonyl (C=O) groups excluding carboxylic acids is 1. The maximum Gasteiger partial charge on any atom is 0.234 e. The van der Waals surface area contributed by atoms with E-state index in [1.54, 1.807) is 0 Å². The smallest absolute Gasteiger partial charge is 0.234 e. The van der Waals surface area contributed by atoms with Gasteiger partial charge in [-0.25, -0.2) is 0 Å². The second-order valence-corrected chi connectivity index (χ2v) is 6.84. The lowest BCUT2D eigenvalue weighted by atomic mass is 10.0. The van der Waals surface area contributed by atoms with Crippen molar-refractivity contribution in [2.75, 3.05) is 52.4 Å². The Labute approximate surface area is 145 Å². The molecule has 1 heterocycles. The Morgan fingerprint density at radius 2 is 1.75 bits per heavy atom. The highest BCUT2D eigenvalue weighted by Gasteiger charge is 2.18. The van der Waals surface area contributed by atoms with Crippen LogP contribution in [0.5, 0.6) is 0 Å². The molecule has 1 amide bonds. The van der Waals surface area contributed by atoms with E-state index in [4.69, 9.17) is 5.11 Å². The fourth-order valence-electron chi connectivity index (χ4n) is 2.99. The zero-order valence-electron chi connectivity index (χ0n) is 15.0. The van der Waals surface area contributed by atoms with Crippen molar-refractivity contribution in [3.8, 4) is 0 Å². The minimum absolute atomic E-state index is 0.101. The summed E-state index contributed by atoms with van der Waals surface area (Å²) in [7, 11) is 0. The molecule has 0 unspecified atom stereocenters. The van der Waals surface area contributed by atoms with Gasteiger partial charge in [0, 0.05) is 39.3 Å². The van der Waals surface area contributed by atoms with Crippen molar-refractivity contribution in [2.24, 2.45) is 0 Å². The van der Waals surface area contributed by atoms with Crippen LogP contribution >= 0.6 is 0 Å². The monoisotopic (exact) mass is 333 g/mol. The van der Waals surface area contributed by atoms with Crippen molar-refractivity contribution in [3.05, 3.63) is 35.4 Å². The maximum absolute atomic E-state index is 12.0. The number of carbonyl (C=O) groups is 1. The molecule has 0 aliphatic carbocycles. The van der Waals surface area contributed by atoms with Gasteiger partial charge >= 0.3 is 0 Å². The van der Waals surface area contributed by atoms with E-state index in [0.29, 0.717) is 19.0 Å². The molecule has 0 bridgehead atoms. The van der Waals surface area contributed by atoms with Crippen LogP contribution in [0.15, 0.2) is 24.3 Å². The Morgan fingerprint density at radius 3 is 2.33 bits per heavy atom. The Kier molecular flexibility index (Phi) is 7.69. The van der Waals surface area contributed by atoms with Gasteiger partial charge in [0.2, 0.25) is 5.91 Å². The molecule has 0 spiro atoms. The van der Waals surface area contributed by atoms with E-state index in [9.17, 15) is 4.79 Å². The Balaban J connectivity index is 1.63. The number of piperazine rings is 1. The lowest BCUT2D eigenvalue weighted by molar-refractivity contribution is -0.122. The highest BCUT2D eigenvalue weighted by atomic mass is 16.3. The van der Waals surface area contributed by atoms with Crippen molar-refractivity contribution >= 4 is 5.91 Å². The molecule has 0 radical (unpaired) electrons. The second kappa shape index (κ2) is 9.77. The number of nitrogens with one attached hydrogen (secondary N) is 1. The van der Waals surface area contributed by atoms with Gasteiger partial charge in [-0.3, -0.25) is 14.6 Å². The molecule has 1 aliphatic rings. The van der Waals surface area contributed by atoms with Crippen LogP contribution in [0.1, 0.15) is 30.9 Å². The summed E-state index contributed by atoms with van der Waals surface area (Å²) >= 11 is 0. The molecule has 0 atom stereocenters. The van der Waals surface area contributed by atoms with E-state index in [2.05, 4.69) is 53.2 Å². The van der Waals surface area contributed by atoms with Gasteiger partial charge in [-0.2, -0.15) is 0 Å². The van der Waals surface area contributed by atoms with E-state index in [0.717, 1.165) is 39.1 Å². The van der Waals surface area contributed by atoms with Crippen molar-refractivity contribution in [3.63, 3.8) is 0 Å². The van der Waals surface area contributed by atoms with Gasteiger partial charge in [-0.05, 0) is 23.5 Å². The molecule has 134 valence electrons. The highest BCUT2D eigenvalue weighted by molar-refractivity contribution is 5.78. The average molecular weight is 333 g/mol. The normalized spacial score (nSPS) is 16.5. The minimum atomic E-state index is 0.101. The lowest BCUT2D eigenvalue weighted by Gasteiger charge is -2.33. The Morgan fingerprint density at radius 1 is 1.12 bits per heavy atom. The molecular weight excluding hydrogens is 302 g/mol. The van der Waals surface area contributed by atoms with Crippen molar-refractivity contribution in [2.45, 2.75) is 26.2 Å². The number of aliphatic hydroxyl groups excluding tert-OH is 1. The SMILES string of the molecule is CC(C)c1ccc(CCNC(=O)CN2CCN(CCO)CC2)cc1. The number of aliphatic hydroxyl groups is 1. The van der Waals surface area contributed by atoms with Gasteiger partial charge < -0.3 is 10.4 Å². The molecule has 1 fully saturated rings. The molecule has 2 N–H and O–H groups in total. The van der Waals surface area contributed by atoms with Crippen molar-refractivity contribution in [1.82, 2.24) is 15.1 Å². The van der Waals surface area contributed by atoms with Crippen LogP contribution in [0.25, 0.3) is 0 Å². The van der Waals surface area contributed by atoms with E-state index < -0.39 is 0 Å². The van der Waals surface area contributed by atoms with Crippen LogP contribution in [-0.4, -0.2) is 73.2 Å². The van der Waals surface area contributed by atoms with Gasteiger partial charge in [-0.1, -0.05) is 38.1 Å². The summed E-state index contributed by atoms with van der Waals surface area (Å²) < 4.78 is 0. The van der Waals surface area contributed by atoms with E-state index in [1.165, 1.54) is 11.1 Å². The number of amides is 1. The maximum atomic E-state index is 12.0. The highest BCUT2D eigenvalue weighted by Crippen LogP contribution is 2.14. The second-order valence-electron chi connectivity index (χ2n) is 6.84. The number of benzene rings is 1. The third kappa shape index (κ3) is 6.23. The number of hydrogen-bond donors (Lipinski definition) is 2. The predicted molar refractivity (Wildman–Crippen MR) is 97.2 cm³/mol. The largest absolute Gasteiger partial charge is 0.395 e. The number of nitrogens with zero attached hydrogens (tertiary/aromatic N) is 2. The third-order valence-electron chi connectivity index (χ3n) is 4.63. The molecule has 0 saturated carbocycles. The van der Waals surface area contributed by atoms with Crippen LogP contribution < -0.4 is 5.32 Å². The summed E-state index contributed by atoms with van der Waals surface area (Å²) in [5.74, 6) is 0.654. The summed E-state index contributed by atoms with van der Waals surface area (Å²) in [5.41, 5.74) is 2.61. The average Bonchev–Trinajstić information content (AvgIpc) is 2.57. The first-order valence-electron chi connectivity index (χ1n) is 8.99. The molecule has 24 heavy (non-hydrogen) atoms. The topological polar surface area (TPSA) is 55.8 Å². The Hall–Kier alpha value is -1.43. The zero-order valence-corrected chi connectivity index (χ0v) is 15.0. The molecule has 2 rings (SSSR count). The van der Waals surface area contributed by atoms with E-state index >= 15 is 0 Å². The fourth-order valence-corrected chi connectivity index (χ4v) is 2.99.